The molecule has 1 spiro atoms. The van der Waals surface area contributed by atoms with Crippen LogP contribution in [0.15, 0.2) is 6.33 Å². The molecule has 6 heteroatoms. The van der Waals surface area contributed by atoms with Gasteiger partial charge < -0.3 is 14.2 Å². The zero-order chi connectivity index (χ0) is 14.0. The first-order valence-electron chi connectivity index (χ1n) is 7.46. The maximum Gasteiger partial charge on any atom is 0.168 e. The molecule has 1 aliphatic carbocycles. The molecule has 1 aromatic heterocycles. The Morgan fingerprint density at radius 2 is 2.05 bits per heavy atom. The van der Waals surface area contributed by atoms with Gasteiger partial charge in [-0.1, -0.05) is 0 Å². The number of rotatable bonds is 4. The van der Waals surface area contributed by atoms with Gasteiger partial charge in [-0.2, -0.15) is 5.10 Å². The van der Waals surface area contributed by atoms with Crippen LogP contribution in [0.25, 0.3) is 0 Å². The SMILES string of the molecule is CC(C)n1ncnc1COC1CCC2(CC1)OCCO2. The van der Waals surface area contributed by atoms with E-state index in [1.165, 1.54) is 0 Å². The van der Waals surface area contributed by atoms with Gasteiger partial charge in [-0.25, -0.2) is 9.67 Å². The summed E-state index contributed by atoms with van der Waals surface area (Å²) in [5.41, 5.74) is 0. The van der Waals surface area contributed by atoms with E-state index >= 15 is 0 Å². The standard InChI is InChI=1S/C14H23N3O3/c1-11(2)17-13(15-10-16-17)9-18-12-3-5-14(6-4-12)19-7-8-20-14/h10-12H,3-9H2,1-2H3. The highest BCUT2D eigenvalue weighted by molar-refractivity contribution is 4.86. The molecule has 0 atom stereocenters. The van der Waals surface area contributed by atoms with Gasteiger partial charge in [0.05, 0.1) is 19.3 Å². The van der Waals surface area contributed by atoms with Gasteiger partial charge in [-0.05, 0) is 26.7 Å². The fourth-order valence-corrected chi connectivity index (χ4v) is 2.98. The van der Waals surface area contributed by atoms with Crippen molar-refractivity contribution in [3.63, 3.8) is 0 Å². The molecule has 1 aromatic rings. The minimum Gasteiger partial charge on any atom is -0.370 e. The zero-order valence-corrected chi connectivity index (χ0v) is 12.2. The molecule has 1 saturated carbocycles. The van der Waals surface area contributed by atoms with Crippen LogP contribution in [0, 0.1) is 0 Å². The molecule has 2 aliphatic rings. The third-order valence-electron chi connectivity index (χ3n) is 4.09. The molecule has 0 N–H and O–H groups in total. The molecule has 20 heavy (non-hydrogen) atoms. The number of aromatic nitrogens is 3. The normalized spacial score (nSPS) is 22.9. The third-order valence-corrected chi connectivity index (χ3v) is 4.09. The van der Waals surface area contributed by atoms with E-state index in [0.29, 0.717) is 12.6 Å². The van der Waals surface area contributed by atoms with Crippen molar-refractivity contribution in [1.82, 2.24) is 14.8 Å². The van der Waals surface area contributed by atoms with Crippen LogP contribution in [0.2, 0.25) is 0 Å². The van der Waals surface area contributed by atoms with Crippen LogP contribution < -0.4 is 0 Å². The molecule has 0 radical (unpaired) electrons. The van der Waals surface area contributed by atoms with E-state index in [1.807, 2.05) is 4.68 Å². The van der Waals surface area contributed by atoms with Gasteiger partial charge >= 0.3 is 0 Å². The second kappa shape index (κ2) is 5.79. The molecular formula is C14H23N3O3. The lowest BCUT2D eigenvalue weighted by Gasteiger charge is -2.35. The molecule has 2 fully saturated rings. The van der Waals surface area contributed by atoms with Crippen molar-refractivity contribution in [2.24, 2.45) is 0 Å². The summed E-state index contributed by atoms with van der Waals surface area (Å²) in [5, 5.41) is 4.22. The Labute approximate surface area is 119 Å². The lowest BCUT2D eigenvalue weighted by molar-refractivity contribution is -0.192. The van der Waals surface area contributed by atoms with Crippen molar-refractivity contribution in [3.8, 4) is 0 Å². The molecule has 0 bridgehead atoms. The van der Waals surface area contributed by atoms with Gasteiger partial charge in [0.1, 0.15) is 12.9 Å². The zero-order valence-electron chi connectivity index (χ0n) is 12.2. The number of hydrogen-bond acceptors (Lipinski definition) is 5. The first-order chi connectivity index (χ1) is 9.69. The quantitative estimate of drug-likeness (QED) is 0.845. The summed E-state index contributed by atoms with van der Waals surface area (Å²) in [6, 6.07) is 0.311. The number of nitrogens with zero attached hydrogens (tertiary/aromatic N) is 3. The smallest absolute Gasteiger partial charge is 0.168 e. The Morgan fingerprint density at radius 3 is 2.70 bits per heavy atom. The van der Waals surface area contributed by atoms with Crippen LogP contribution >= 0.6 is 0 Å². The fourth-order valence-electron chi connectivity index (χ4n) is 2.98. The van der Waals surface area contributed by atoms with E-state index in [0.717, 1.165) is 44.7 Å². The van der Waals surface area contributed by atoms with Crippen LogP contribution in [-0.4, -0.2) is 39.9 Å². The molecule has 0 amide bonds. The summed E-state index contributed by atoms with van der Waals surface area (Å²) < 4.78 is 19.3. The summed E-state index contributed by atoms with van der Waals surface area (Å²) in [6.45, 7) is 6.16. The van der Waals surface area contributed by atoms with Gasteiger partial charge in [0.25, 0.3) is 0 Å². The van der Waals surface area contributed by atoms with Crippen LogP contribution in [0.1, 0.15) is 51.4 Å². The molecule has 2 heterocycles. The third kappa shape index (κ3) is 2.87. The first-order valence-corrected chi connectivity index (χ1v) is 7.46. The van der Waals surface area contributed by atoms with Gasteiger partial charge in [0.2, 0.25) is 0 Å². The Kier molecular flexibility index (Phi) is 4.05. The van der Waals surface area contributed by atoms with Crippen molar-refractivity contribution >= 4 is 0 Å². The van der Waals surface area contributed by atoms with Crippen molar-refractivity contribution in [2.75, 3.05) is 13.2 Å². The Bertz CT molecular complexity index is 431. The van der Waals surface area contributed by atoms with E-state index in [1.54, 1.807) is 6.33 Å². The summed E-state index contributed by atoms with van der Waals surface area (Å²) in [6.07, 6.45) is 5.68. The van der Waals surface area contributed by atoms with Crippen LogP contribution in [0.5, 0.6) is 0 Å². The lowest BCUT2D eigenvalue weighted by atomic mass is 9.92. The highest BCUT2D eigenvalue weighted by atomic mass is 16.7. The topological polar surface area (TPSA) is 58.4 Å². The Balaban J connectivity index is 1.49. The summed E-state index contributed by atoms with van der Waals surface area (Å²) >= 11 is 0. The lowest BCUT2D eigenvalue weighted by Crippen LogP contribution is -2.37. The number of ether oxygens (including phenoxy) is 3. The largest absolute Gasteiger partial charge is 0.370 e. The Hall–Kier alpha value is -0.980. The maximum absolute atomic E-state index is 5.99. The predicted octanol–water partition coefficient (Wildman–Crippen LogP) is 2.06. The molecule has 6 nitrogen and oxygen atoms in total. The van der Waals surface area contributed by atoms with Gasteiger partial charge in [-0.3, -0.25) is 0 Å². The highest BCUT2D eigenvalue weighted by Crippen LogP contribution is 2.36. The molecule has 112 valence electrons. The molecule has 3 rings (SSSR count). The van der Waals surface area contributed by atoms with Gasteiger partial charge in [-0.15, -0.1) is 0 Å². The second-order valence-corrected chi connectivity index (χ2v) is 5.83. The van der Waals surface area contributed by atoms with Crippen LogP contribution in [0.4, 0.5) is 0 Å². The highest BCUT2D eigenvalue weighted by Gasteiger charge is 2.40. The minimum atomic E-state index is -0.308. The predicted molar refractivity (Wildman–Crippen MR) is 72.1 cm³/mol. The number of hydrogen-bond donors (Lipinski definition) is 0. The van der Waals surface area contributed by atoms with Crippen molar-refractivity contribution in [3.05, 3.63) is 12.2 Å². The van der Waals surface area contributed by atoms with Crippen molar-refractivity contribution in [2.45, 2.75) is 64.1 Å². The van der Waals surface area contributed by atoms with E-state index in [2.05, 4.69) is 23.9 Å². The Morgan fingerprint density at radius 1 is 1.35 bits per heavy atom. The first kappa shape index (κ1) is 14.0. The molecule has 1 saturated heterocycles. The van der Waals surface area contributed by atoms with Crippen LogP contribution in [-0.2, 0) is 20.8 Å². The minimum absolute atomic E-state index is 0.269. The van der Waals surface area contributed by atoms with E-state index < -0.39 is 0 Å². The van der Waals surface area contributed by atoms with E-state index in [4.69, 9.17) is 14.2 Å². The molecular weight excluding hydrogens is 258 g/mol. The van der Waals surface area contributed by atoms with Crippen LogP contribution in [0.3, 0.4) is 0 Å². The van der Waals surface area contributed by atoms with Gasteiger partial charge in [0.15, 0.2) is 11.6 Å². The maximum atomic E-state index is 5.99. The van der Waals surface area contributed by atoms with Gasteiger partial charge in [0, 0.05) is 18.9 Å². The van der Waals surface area contributed by atoms with E-state index in [-0.39, 0.29) is 11.9 Å². The molecule has 0 unspecified atom stereocenters. The summed E-state index contributed by atoms with van der Waals surface area (Å²) in [7, 11) is 0. The average molecular weight is 281 g/mol. The van der Waals surface area contributed by atoms with Crippen molar-refractivity contribution < 1.29 is 14.2 Å². The second-order valence-electron chi connectivity index (χ2n) is 5.83. The fraction of sp³-hybridized carbons (Fsp3) is 0.857. The monoisotopic (exact) mass is 281 g/mol. The van der Waals surface area contributed by atoms with E-state index in [9.17, 15) is 0 Å². The van der Waals surface area contributed by atoms with Crippen molar-refractivity contribution in [1.29, 1.82) is 0 Å². The summed E-state index contributed by atoms with van der Waals surface area (Å²) in [5.74, 6) is 0.589. The summed E-state index contributed by atoms with van der Waals surface area (Å²) in [4.78, 5) is 4.27. The molecule has 0 aromatic carbocycles. The molecule has 1 aliphatic heterocycles. The average Bonchev–Trinajstić information content (AvgIpc) is 3.08.